The van der Waals surface area contributed by atoms with E-state index in [4.69, 9.17) is 23.2 Å². The summed E-state index contributed by atoms with van der Waals surface area (Å²) in [4.78, 5) is 76.0. The number of fused-ring (bicyclic) bond motifs is 5. The molecule has 63 heavy (non-hydrogen) atoms. The van der Waals surface area contributed by atoms with Gasteiger partial charge in [0.25, 0.3) is 5.91 Å². The fraction of sp³-hybridized carbons (Fsp3) is 0.511. The van der Waals surface area contributed by atoms with Crippen LogP contribution in [0.25, 0.3) is 22.2 Å². The zero-order valence-corrected chi connectivity index (χ0v) is 38.3. The van der Waals surface area contributed by atoms with Crippen molar-refractivity contribution in [2.75, 3.05) is 60.0 Å². The van der Waals surface area contributed by atoms with Crippen molar-refractivity contribution in [3.05, 3.63) is 73.7 Å². The molecular weight excluding hydrogens is 866 g/mol. The third-order valence-electron chi connectivity index (χ3n) is 12.0. The Hall–Kier alpha value is -4.74. The number of benzene rings is 1. The molecule has 1 aromatic carbocycles. The van der Waals surface area contributed by atoms with Gasteiger partial charge in [0.15, 0.2) is 0 Å². The van der Waals surface area contributed by atoms with Gasteiger partial charge in [0.2, 0.25) is 23.6 Å². The summed E-state index contributed by atoms with van der Waals surface area (Å²) in [5, 5.41) is 21.7. The predicted octanol–water partition coefficient (Wildman–Crippen LogP) is 5.03. The van der Waals surface area contributed by atoms with Gasteiger partial charge >= 0.3 is 0 Å². The molecule has 8 rings (SSSR count). The summed E-state index contributed by atoms with van der Waals surface area (Å²) < 4.78 is 1.58. The Morgan fingerprint density at radius 2 is 1.71 bits per heavy atom. The first-order valence-corrected chi connectivity index (χ1v) is 23.5. The van der Waals surface area contributed by atoms with Crippen molar-refractivity contribution in [3.63, 3.8) is 0 Å². The van der Waals surface area contributed by atoms with Crippen molar-refractivity contribution >= 4 is 75.0 Å². The number of carbonyl (C=O) groups excluding carboxylic acids is 5. The Labute approximate surface area is 381 Å². The summed E-state index contributed by atoms with van der Waals surface area (Å²) in [6.07, 6.45) is 13.6. The minimum absolute atomic E-state index is 0.0139. The van der Waals surface area contributed by atoms with E-state index in [-0.39, 0.29) is 48.2 Å². The van der Waals surface area contributed by atoms with E-state index in [1.807, 2.05) is 53.1 Å². The summed E-state index contributed by atoms with van der Waals surface area (Å²) in [5.74, 6) is -0.398. The van der Waals surface area contributed by atoms with Crippen LogP contribution >= 0.6 is 34.5 Å². The fourth-order valence-electron chi connectivity index (χ4n) is 8.78. The molecule has 4 aromatic rings. The zero-order valence-electron chi connectivity index (χ0n) is 36.0. The molecule has 2 atom stereocenters. The van der Waals surface area contributed by atoms with E-state index in [9.17, 15) is 29.1 Å². The standard InChI is InChI=1S/C45H57Cl2N9O6S/c1-52(2)19-9-11-40(60)56-29-22-30(56)25-54(24-29)45(62)37-13-12-31(63-37)14-18-49-38(58)10-7-5-3-4-6-8-17-48-39(59)27-55-21-16-36(51-55)32-23-34(46)43(47)44-42(32)33-26-53(41(61)28-57)20-15-35(33)50-44/h9,11-13,16,21,23,29-30,50,57H,3-8,10,14-15,17-20,22,24-28H2,1-2H3,(H,48,59)(H,49,58)/b11-9+. The minimum Gasteiger partial charge on any atom is -0.387 e. The smallest absolute Gasteiger partial charge is 0.264 e. The first kappa shape index (κ1) is 46.3. The quantitative estimate of drug-likeness (QED) is 0.0706. The molecule has 2 bridgehead atoms. The molecule has 0 radical (unpaired) electrons. The van der Waals surface area contributed by atoms with E-state index < -0.39 is 6.61 Å². The highest BCUT2D eigenvalue weighted by molar-refractivity contribution is 7.14. The lowest BCUT2D eigenvalue weighted by atomic mass is 9.87. The number of aromatic nitrogens is 3. The summed E-state index contributed by atoms with van der Waals surface area (Å²) >= 11 is 14.6. The van der Waals surface area contributed by atoms with Gasteiger partial charge in [0.05, 0.1) is 38.2 Å². The highest BCUT2D eigenvalue weighted by atomic mass is 35.5. The van der Waals surface area contributed by atoms with Gasteiger partial charge in [-0.2, -0.15) is 5.10 Å². The molecular formula is C45H57Cl2N9O6S. The number of aliphatic hydroxyl groups excluding tert-OH is 1. The molecule has 0 aliphatic carbocycles. The van der Waals surface area contributed by atoms with Crippen LogP contribution in [0.4, 0.5) is 0 Å². The number of thiophene rings is 1. The zero-order chi connectivity index (χ0) is 44.6. The number of hydrogen-bond acceptors (Lipinski definition) is 9. The maximum Gasteiger partial charge on any atom is 0.264 e. The Morgan fingerprint density at radius 1 is 0.968 bits per heavy atom. The molecule has 3 aromatic heterocycles. The van der Waals surface area contributed by atoms with Crippen molar-refractivity contribution in [3.8, 4) is 11.3 Å². The number of nitrogens with zero attached hydrogens (tertiary/aromatic N) is 6. The second-order valence-corrected chi connectivity index (χ2v) is 18.9. The molecule has 3 fully saturated rings. The van der Waals surface area contributed by atoms with Crippen LogP contribution in [0.3, 0.4) is 0 Å². The fourth-order valence-corrected chi connectivity index (χ4v) is 10.2. The summed E-state index contributed by atoms with van der Waals surface area (Å²) in [5.41, 5.74) is 3.91. The first-order valence-electron chi connectivity index (χ1n) is 21.9. The van der Waals surface area contributed by atoms with E-state index in [0.29, 0.717) is 91.2 Å². The average molecular weight is 923 g/mol. The van der Waals surface area contributed by atoms with E-state index >= 15 is 0 Å². The number of amides is 5. The summed E-state index contributed by atoms with van der Waals surface area (Å²) in [7, 11) is 3.92. The van der Waals surface area contributed by atoms with Crippen molar-refractivity contribution in [1.82, 2.24) is 45.0 Å². The monoisotopic (exact) mass is 921 g/mol. The van der Waals surface area contributed by atoms with Gasteiger partial charge in [0, 0.05) is 98.0 Å². The van der Waals surface area contributed by atoms with Crippen LogP contribution in [-0.2, 0) is 45.1 Å². The molecule has 18 heteroatoms. The normalized spacial score (nSPS) is 17.1. The Morgan fingerprint density at radius 3 is 2.48 bits per heavy atom. The average Bonchev–Trinajstić information content (AvgIpc) is 4.03. The predicted molar refractivity (Wildman–Crippen MR) is 245 cm³/mol. The van der Waals surface area contributed by atoms with Gasteiger partial charge in [-0.15, -0.1) is 11.3 Å². The van der Waals surface area contributed by atoms with E-state index in [1.54, 1.807) is 27.9 Å². The molecule has 4 aliphatic heterocycles. The van der Waals surface area contributed by atoms with E-state index in [1.165, 1.54) is 11.3 Å². The molecule has 15 nitrogen and oxygen atoms in total. The van der Waals surface area contributed by atoms with Crippen LogP contribution in [0.1, 0.15) is 77.2 Å². The maximum absolute atomic E-state index is 13.3. The number of piperidine rings is 1. The van der Waals surface area contributed by atoms with Gasteiger partial charge in [-0.25, -0.2) is 0 Å². The number of aliphatic hydroxyl groups is 1. The van der Waals surface area contributed by atoms with Crippen LogP contribution in [0, 0.1) is 0 Å². The number of likely N-dealkylation sites (N-methyl/N-ethyl adjacent to an activating group) is 1. The lowest BCUT2D eigenvalue weighted by Gasteiger charge is -2.55. The SMILES string of the molecule is CN(C)C/C=C/C(=O)N1C2CC1CN(C(=O)c1ccc(CCNC(=O)CCCCCCCCNC(=O)Cn3ccc(-c4cc(Cl)c(Cl)c5[nH]c6c(c45)CN(C(=O)CO)CC6)n3)s1)C2. The molecule has 0 saturated carbocycles. The maximum atomic E-state index is 13.3. The number of nitrogens with one attached hydrogen (secondary N) is 3. The Kier molecular flexibility index (Phi) is 15.6. The van der Waals surface area contributed by atoms with Gasteiger partial charge < -0.3 is 40.3 Å². The Balaban J connectivity index is 0.737. The highest BCUT2D eigenvalue weighted by Gasteiger charge is 2.47. The molecule has 0 spiro atoms. The van der Waals surface area contributed by atoms with Gasteiger partial charge in [-0.1, -0.05) is 55.0 Å². The number of aromatic amines is 1. The van der Waals surface area contributed by atoms with E-state index in [0.717, 1.165) is 72.0 Å². The molecule has 7 heterocycles. The van der Waals surface area contributed by atoms with Crippen molar-refractivity contribution in [1.29, 1.82) is 0 Å². The second kappa shape index (κ2) is 21.3. The lowest BCUT2D eigenvalue weighted by Crippen LogP contribution is -2.70. The summed E-state index contributed by atoms with van der Waals surface area (Å²) in [6.45, 7) is 3.25. The molecule has 3 saturated heterocycles. The van der Waals surface area contributed by atoms with Crippen molar-refractivity contribution in [2.45, 2.75) is 89.4 Å². The number of halogens is 2. The van der Waals surface area contributed by atoms with Crippen molar-refractivity contribution < 1.29 is 29.1 Å². The second-order valence-electron chi connectivity index (χ2n) is 16.9. The number of rotatable bonds is 20. The van der Waals surface area contributed by atoms with Crippen molar-refractivity contribution in [2.24, 2.45) is 0 Å². The lowest BCUT2D eigenvalue weighted by molar-refractivity contribution is -0.146. The number of unbranched alkanes of at least 4 members (excludes halogenated alkanes) is 5. The molecule has 4 N–H and O–H groups in total. The third kappa shape index (κ3) is 11.3. The number of hydrogen-bond donors (Lipinski definition) is 4. The Bertz CT molecular complexity index is 2330. The molecule has 338 valence electrons. The minimum atomic E-state index is -0.553. The van der Waals surface area contributed by atoms with Gasteiger partial charge in [-0.05, 0) is 64.0 Å². The van der Waals surface area contributed by atoms with Crippen LogP contribution in [0.2, 0.25) is 10.0 Å². The largest absolute Gasteiger partial charge is 0.387 e. The topological polar surface area (TPSA) is 176 Å². The van der Waals surface area contributed by atoms with Crippen LogP contribution in [0.15, 0.2) is 42.6 Å². The molecule has 2 unspecified atom stereocenters. The van der Waals surface area contributed by atoms with Crippen LogP contribution < -0.4 is 10.6 Å². The molecule has 5 amide bonds. The number of H-pyrrole nitrogens is 1. The highest BCUT2D eigenvalue weighted by Crippen LogP contribution is 2.42. The number of piperazine rings is 1. The number of carbonyl (C=O) groups is 5. The molecule has 4 aliphatic rings. The summed E-state index contributed by atoms with van der Waals surface area (Å²) in [6, 6.07) is 7.57. The van der Waals surface area contributed by atoms with Gasteiger partial charge in [0.1, 0.15) is 13.2 Å². The van der Waals surface area contributed by atoms with E-state index in [2.05, 4.69) is 20.7 Å². The van der Waals surface area contributed by atoms with Crippen LogP contribution in [0.5, 0.6) is 0 Å². The van der Waals surface area contributed by atoms with Gasteiger partial charge in [-0.3, -0.25) is 28.7 Å². The third-order valence-corrected chi connectivity index (χ3v) is 14.0. The first-order chi connectivity index (χ1) is 30.4. The van der Waals surface area contributed by atoms with Crippen LogP contribution in [-0.4, -0.2) is 141 Å².